The van der Waals surface area contributed by atoms with Crippen LogP contribution in [0.3, 0.4) is 0 Å². The molecule has 2 aromatic rings. The monoisotopic (exact) mass is 580 g/mol. The van der Waals surface area contributed by atoms with Crippen LogP contribution in [0.1, 0.15) is 24.9 Å². The first-order chi connectivity index (χ1) is 18.1. The molecule has 1 N–H and O–H groups in total. The van der Waals surface area contributed by atoms with Crippen molar-refractivity contribution in [3.05, 3.63) is 75.4 Å². The molecule has 0 unspecified atom stereocenters. The molecule has 4 rings (SSSR count). The summed E-state index contributed by atoms with van der Waals surface area (Å²) in [7, 11) is -2.07. The van der Waals surface area contributed by atoms with E-state index in [1.54, 1.807) is 50.4 Å². The van der Waals surface area contributed by atoms with Crippen molar-refractivity contribution in [3.63, 3.8) is 0 Å². The van der Waals surface area contributed by atoms with Gasteiger partial charge in [0.2, 0.25) is 10.0 Å². The molecule has 12 heteroatoms. The first-order valence-electron chi connectivity index (χ1n) is 12.3. The molecule has 2 heterocycles. The molecule has 2 amide bonds. The first-order valence-corrected chi connectivity index (χ1v) is 14.5. The lowest BCUT2D eigenvalue weighted by atomic mass is 9.94. The number of sulfonamides is 1. The Labute approximate surface area is 233 Å². The molecule has 204 valence electrons. The van der Waals surface area contributed by atoms with Crippen LogP contribution in [0, 0.1) is 0 Å². The van der Waals surface area contributed by atoms with E-state index in [1.807, 2.05) is 0 Å². The largest absolute Gasteiger partial charge is 0.463 e. The topological polar surface area (TPSA) is 99.3 Å². The number of likely N-dealkylation sites (N-methyl/N-ethyl adjacent to an activating group) is 1. The lowest BCUT2D eigenvalue weighted by Gasteiger charge is -2.36. The maximum absolute atomic E-state index is 13.2. The predicted molar refractivity (Wildman–Crippen MR) is 145 cm³/mol. The highest BCUT2D eigenvalue weighted by Crippen LogP contribution is 2.32. The number of rotatable bonds is 7. The highest BCUT2D eigenvalue weighted by Gasteiger charge is 2.38. The molecule has 1 saturated heterocycles. The smallest absolute Gasteiger partial charge is 0.338 e. The van der Waals surface area contributed by atoms with Gasteiger partial charge in [-0.1, -0.05) is 35.3 Å². The SMILES string of the molecule is CCOC(=O)C1=C(CN2CCCN(S(=O)(=O)c3ccc(Cl)cc3)CC2)N(C)C(=O)N[C@@H]1c1ccc(Cl)cc1. The number of nitrogens with one attached hydrogen (secondary N) is 1. The Morgan fingerprint density at radius 1 is 1.00 bits per heavy atom. The van der Waals surface area contributed by atoms with Crippen LogP contribution in [-0.4, -0.2) is 80.9 Å². The molecular weight excluding hydrogens is 551 g/mol. The number of esters is 1. The fourth-order valence-corrected chi connectivity index (χ4v) is 6.34. The van der Waals surface area contributed by atoms with Crippen molar-refractivity contribution < 1.29 is 22.7 Å². The van der Waals surface area contributed by atoms with E-state index in [2.05, 4.69) is 10.2 Å². The van der Waals surface area contributed by atoms with Gasteiger partial charge in [0.05, 0.1) is 23.1 Å². The average Bonchev–Trinajstić information content (AvgIpc) is 3.13. The van der Waals surface area contributed by atoms with Crippen LogP contribution in [0.2, 0.25) is 10.0 Å². The molecular formula is C26H30Cl2N4O5S. The van der Waals surface area contributed by atoms with E-state index in [1.165, 1.54) is 21.3 Å². The van der Waals surface area contributed by atoms with Crippen molar-refractivity contribution in [2.45, 2.75) is 24.3 Å². The Morgan fingerprint density at radius 2 is 1.63 bits per heavy atom. The number of hydrogen-bond acceptors (Lipinski definition) is 6. The van der Waals surface area contributed by atoms with Crippen LogP contribution in [0.4, 0.5) is 4.79 Å². The van der Waals surface area contributed by atoms with E-state index in [9.17, 15) is 18.0 Å². The molecule has 0 radical (unpaired) electrons. The van der Waals surface area contributed by atoms with Gasteiger partial charge in [-0.05, 0) is 61.9 Å². The highest BCUT2D eigenvalue weighted by atomic mass is 35.5. The minimum atomic E-state index is -3.68. The van der Waals surface area contributed by atoms with E-state index in [-0.39, 0.29) is 30.6 Å². The van der Waals surface area contributed by atoms with Crippen molar-refractivity contribution in [2.75, 3.05) is 46.4 Å². The van der Waals surface area contributed by atoms with Gasteiger partial charge in [0, 0.05) is 49.0 Å². The maximum Gasteiger partial charge on any atom is 0.338 e. The van der Waals surface area contributed by atoms with Crippen LogP contribution < -0.4 is 5.32 Å². The first kappa shape index (κ1) is 28.4. The number of carbonyl (C=O) groups excluding carboxylic acids is 2. The second kappa shape index (κ2) is 12.0. The van der Waals surface area contributed by atoms with E-state index >= 15 is 0 Å². The van der Waals surface area contributed by atoms with Crippen molar-refractivity contribution in [1.29, 1.82) is 0 Å². The zero-order valence-electron chi connectivity index (χ0n) is 21.2. The van der Waals surface area contributed by atoms with Gasteiger partial charge in [-0.3, -0.25) is 9.80 Å². The van der Waals surface area contributed by atoms with E-state index in [4.69, 9.17) is 27.9 Å². The Balaban J connectivity index is 1.61. The lowest BCUT2D eigenvalue weighted by Crippen LogP contribution is -2.49. The van der Waals surface area contributed by atoms with Crippen molar-refractivity contribution in [3.8, 4) is 0 Å². The quantitative estimate of drug-likeness (QED) is 0.498. The summed E-state index contributed by atoms with van der Waals surface area (Å²) in [5.41, 5.74) is 1.56. The summed E-state index contributed by atoms with van der Waals surface area (Å²) < 4.78 is 33.3. The number of nitrogens with zero attached hydrogens (tertiary/aromatic N) is 3. The Morgan fingerprint density at radius 3 is 2.26 bits per heavy atom. The number of ether oxygens (including phenoxy) is 1. The summed E-state index contributed by atoms with van der Waals surface area (Å²) in [6.45, 7) is 3.82. The molecule has 0 saturated carbocycles. The van der Waals surface area contributed by atoms with Gasteiger partial charge in [0.1, 0.15) is 0 Å². The Hall–Kier alpha value is -2.63. The van der Waals surface area contributed by atoms with Crippen LogP contribution in [0.25, 0.3) is 0 Å². The van der Waals surface area contributed by atoms with E-state index in [0.717, 1.165) is 0 Å². The summed E-state index contributed by atoms with van der Waals surface area (Å²) >= 11 is 12.0. The molecule has 2 aromatic carbocycles. The molecule has 2 aliphatic heterocycles. The molecule has 9 nitrogen and oxygen atoms in total. The lowest BCUT2D eigenvalue weighted by molar-refractivity contribution is -0.139. The van der Waals surface area contributed by atoms with Gasteiger partial charge in [-0.2, -0.15) is 4.31 Å². The van der Waals surface area contributed by atoms with Crippen LogP contribution in [0.15, 0.2) is 64.7 Å². The fourth-order valence-electron chi connectivity index (χ4n) is 4.62. The second-order valence-corrected chi connectivity index (χ2v) is 11.9. The zero-order valence-corrected chi connectivity index (χ0v) is 23.5. The number of hydrogen-bond donors (Lipinski definition) is 1. The number of urea groups is 1. The van der Waals surface area contributed by atoms with Gasteiger partial charge < -0.3 is 10.1 Å². The number of carbonyl (C=O) groups is 2. The number of benzene rings is 2. The summed E-state index contributed by atoms with van der Waals surface area (Å²) in [4.78, 5) is 29.8. The van der Waals surface area contributed by atoms with Gasteiger partial charge in [0.15, 0.2) is 0 Å². The molecule has 1 atom stereocenters. The molecule has 0 aliphatic carbocycles. The molecule has 38 heavy (non-hydrogen) atoms. The van der Waals surface area contributed by atoms with Crippen LogP contribution in [0.5, 0.6) is 0 Å². The molecule has 2 aliphatic rings. The third-order valence-corrected chi connectivity index (χ3v) is 9.06. The van der Waals surface area contributed by atoms with E-state index < -0.39 is 22.0 Å². The summed E-state index contributed by atoms with van der Waals surface area (Å²) in [6, 6.07) is 12.0. The normalized spacial score (nSPS) is 19.7. The highest BCUT2D eigenvalue weighted by molar-refractivity contribution is 7.89. The van der Waals surface area contributed by atoms with Crippen molar-refractivity contribution >= 4 is 45.2 Å². The summed E-state index contributed by atoms with van der Waals surface area (Å²) in [6.07, 6.45) is 0.589. The van der Waals surface area contributed by atoms with Crippen LogP contribution in [-0.2, 0) is 19.6 Å². The molecule has 0 bridgehead atoms. The zero-order chi connectivity index (χ0) is 27.4. The third-order valence-electron chi connectivity index (χ3n) is 6.65. The average molecular weight is 582 g/mol. The van der Waals surface area contributed by atoms with Crippen molar-refractivity contribution in [1.82, 2.24) is 19.4 Å². The molecule has 1 fully saturated rings. The molecule has 0 spiro atoms. The second-order valence-electron chi connectivity index (χ2n) is 9.06. The standard InChI is InChI=1S/C26H30Cl2N4O5S/c1-3-37-25(33)23-22(30(2)26(34)29-24(23)18-5-7-19(27)8-6-18)17-31-13-4-14-32(16-15-31)38(35,36)21-11-9-20(28)10-12-21/h5-12,24H,3-4,13-17H2,1-2H3,(H,29,34)/t24-/m1/s1. The van der Waals surface area contributed by atoms with Crippen LogP contribution >= 0.6 is 23.2 Å². The van der Waals surface area contributed by atoms with Gasteiger partial charge in [0.25, 0.3) is 0 Å². The Kier molecular flexibility index (Phi) is 9.00. The minimum Gasteiger partial charge on any atom is -0.463 e. The van der Waals surface area contributed by atoms with E-state index in [0.29, 0.717) is 52.9 Å². The molecule has 0 aromatic heterocycles. The number of halogens is 2. The van der Waals surface area contributed by atoms with Crippen molar-refractivity contribution in [2.24, 2.45) is 0 Å². The third kappa shape index (κ3) is 6.16. The number of amides is 2. The fraction of sp³-hybridized carbons (Fsp3) is 0.385. The van der Waals surface area contributed by atoms with Gasteiger partial charge in [-0.15, -0.1) is 0 Å². The minimum absolute atomic E-state index is 0.182. The van der Waals surface area contributed by atoms with Gasteiger partial charge >= 0.3 is 12.0 Å². The summed E-state index contributed by atoms with van der Waals surface area (Å²) in [5, 5.41) is 3.90. The predicted octanol–water partition coefficient (Wildman–Crippen LogP) is 3.90. The Bertz CT molecular complexity index is 1320. The maximum atomic E-state index is 13.2. The van der Waals surface area contributed by atoms with Gasteiger partial charge in [-0.25, -0.2) is 18.0 Å². The summed E-state index contributed by atoms with van der Waals surface area (Å²) in [5.74, 6) is -0.518.